The molecule has 1 aliphatic rings. The van der Waals surface area contributed by atoms with Crippen molar-refractivity contribution >= 4 is 15.9 Å². The van der Waals surface area contributed by atoms with Crippen molar-refractivity contribution in [1.82, 2.24) is 9.62 Å². The third-order valence-corrected chi connectivity index (χ3v) is 6.37. The molecule has 1 aromatic rings. The minimum absolute atomic E-state index is 0.0800. The Labute approximate surface area is 150 Å². The van der Waals surface area contributed by atoms with E-state index < -0.39 is 10.0 Å². The summed E-state index contributed by atoms with van der Waals surface area (Å²) < 4.78 is 32.5. The number of benzene rings is 1. The number of hydrogen-bond acceptors (Lipinski definition) is 4. The Bertz CT molecular complexity index is 697. The van der Waals surface area contributed by atoms with Crippen LogP contribution in [0.5, 0.6) is 5.75 Å². The molecule has 0 bridgehead atoms. The third kappa shape index (κ3) is 5.19. The van der Waals surface area contributed by atoms with Gasteiger partial charge in [-0.3, -0.25) is 4.79 Å². The van der Waals surface area contributed by atoms with Crippen LogP contribution >= 0.6 is 0 Å². The average molecular weight is 368 g/mol. The Morgan fingerprint density at radius 3 is 2.56 bits per heavy atom. The van der Waals surface area contributed by atoms with Crippen LogP contribution in [-0.2, 0) is 14.8 Å². The minimum atomic E-state index is -3.45. The van der Waals surface area contributed by atoms with Crippen molar-refractivity contribution in [3.8, 4) is 5.75 Å². The van der Waals surface area contributed by atoms with E-state index in [4.69, 9.17) is 4.74 Å². The number of carbonyl (C=O) groups is 1. The van der Waals surface area contributed by atoms with Crippen molar-refractivity contribution in [2.75, 3.05) is 19.7 Å². The molecule has 0 aromatic heterocycles. The first-order chi connectivity index (χ1) is 11.8. The van der Waals surface area contributed by atoms with Crippen molar-refractivity contribution < 1.29 is 17.9 Å². The van der Waals surface area contributed by atoms with Crippen molar-refractivity contribution in [1.29, 1.82) is 0 Å². The highest BCUT2D eigenvalue weighted by atomic mass is 32.2. The fourth-order valence-corrected chi connectivity index (χ4v) is 4.36. The second-order valence-corrected chi connectivity index (χ2v) is 8.50. The molecule has 0 saturated carbocycles. The number of rotatable bonds is 7. The standard InChI is InChI=1S/C18H28N2O4S/c1-4-15(3)19-18(21)13-24-17-9-8-16(12-14(17)2)25(22,23)20-10-6-5-7-11-20/h8-9,12,15H,4-7,10-11,13H2,1-3H3,(H,19,21)/t15-/m0/s1. The van der Waals surface area contributed by atoms with Gasteiger partial charge in [0.1, 0.15) is 5.75 Å². The van der Waals surface area contributed by atoms with E-state index in [2.05, 4.69) is 5.32 Å². The Morgan fingerprint density at radius 1 is 1.28 bits per heavy atom. The van der Waals surface area contributed by atoms with Gasteiger partial charge in [-0.25, -0.2) is 8.42 Å². The highest BCUT2D eigenvalue weighted by molar-refractivity contribution is 7.89. The van der Waals surface area contributed by atoms with Crippen molar-refractivity contribution in [3.63, 3.8) is 0 Å². The Kier molecular flexibility index (Phi) is 6.84. The molecule has 1 fully saturated rings. The van der Waals surface area contributed by atoms with E-state index in [9.17, 15) is 13.2 Å². The lowest BCUT2D eigenvalue weighted by Gasteiger charge is -2.26. The van der Waals surface area contributed by atoms with Gasteiger partial charge in [0.05, 0.1) is 4.90 Å². The lowest BCUT2D eigenvalue weighted by Crippen LogP contribution is -2.36. The number of hydrogen-bond donors (Lipinski definition) is 1. The van der Waals surface area contributed by atoms with Crippen LogP contribution in [0.1, 0.15) is 45.1 Å². The van der Waals surface area contributed by atoms with Crippen LogP contribution in [0.3, 0.4) is 0 Å². The first kappa shape index (κ1) is 19.7. The number of ether oxygens (including phenoxy) is 1. The molecule has 0 spiro atoms. The Balaban J connectivity index is 2.03. The molecule has 2 rings (SSSR count). The predicted octanol–water partition coefficient (Wildman–Crippen LogP) is 2.46. The number of nitrogens with one attached hydrogen (secondary N) is 1. The Morgan fingerprint density at radius 2 is 1.96 bits per heavy atom. The first-order valence-electron chi connectivity index (χ1n) is 8.87. The normalized spacial score (nSPS) is 17.1. The van der Waals surface area contributed by atoms with Crippen LogP contribution in [0, 0.1) is 6.92 Å². The second kappa shape index (κ2) is 8.67. The maximum atomic E-state index is 12.7. The van der Waals surface area contributed by atoms with Gasteiger partial charge in [-0.1, -0.05) is 13.3 Å². The molecule has 0 radical (unpaired) electrons. The average Bonchev–Trinajstić information content (AvgIpc) is 2.61. The summed E-state index contributed by atoms with van der Waals surface area (Å²) in [5, 5.41) is 2.83. The smallest absolute Gasteiger partial charge is 0.258 e. The number of sulfonamides is 1. The third-order valence-electron chi connectivity index (χ3n) is 4.48. The summed E-state index contributed by atoms with van der Waals surface area (Å²) in [6, 6.07) is 4.90. The van der Waals surface area contributed by atoms with Crippen LogP contribution in [-0.4, -0.2) is 44.4 Å². The van der Waals surface area contributed by atoms with E-state index in [1.165, 1.54) is 0 Å². The highest BCUT2D eigenvalue weighted by Gasteiger charge is 2.26. The topological polar surface area (TPSA) is 75.7 Å². The van der Waals surface area contributed by atoms with E-state index in [0.29, 0.717) is 24.4 Å². The molecule has 1 aromatic carbocycles. The van der Waals surface area contributed by atoms with Gasteiger partial charge in [-0.2, -0.15) is 4.31 Å². The molecule has 140 valence electrons. The molecule has 7 heteroatoms. The first-order valence-corrected chi connectivity index (χ1v) is 10.3. The summed E-state index contributed by atoms with van der Waals surface area (Å²) in [5.74, 6) is 0.343. The van der Waals surface area contributed by atoms with Gasteiger partial charge in [0.25, 0.3) is 5.91 Å². The number of nitrogens with zero attached hydrogens (tertiary/aromatic N) is 1. The summed E-state index contributed by atoms with van der Waals surface area (Å²) in [6.07, 6.45) is 3.75. The molecule has 0 aliphatic carbocycles. The molecular weight excluding hydrogens is 340 g/mol. The zero-order chi connectivity index (χ0) is 18.4. The molecule has 0 unspecified atom stereocenters. The quantitative estimate of drug-likeness (QED) is 0.802. The number of piperidine rings is 1. The SMILES string of the molecule is CC[C@H](C)NC(=O)COc1ccc(S(=O)(=O)N2CCCCC2)cc1C. The molecule has 6 nitrogen and oxygen atoms in total. The fourth-order valence-electron chi connectivity index (χ4n) is 2.76. The van der Waals surface area contributed by atoms with Crippen molar-refractivity contribution in [3.05, 3.63) is 23.8 Å². The molecule has 1 amide bonds. The maximum Gasteiger partial charge on any atom is 0.258 e. The van der Waals surface area contributed by atoms with Gasteiger partial charge in [0.15, 0.2) is 6.61 Å². The van der Waals surface area contributed by atoms with Gasteiger partial charge in [0, 0.05) is 19.1 Å². The number of carbonyl (C=O) groups excluding carboxylic acids is 1. The lowest BCUT2D eigenvalue weighted by atomic mass is 10.2. The van der Waals surface area contributed by atoms with E-state index in [1.54, 1.807) is 29.4 Å². The molecule has 1 saturated heterocycles. The summed E-state index contributed by atoms with van der Waals surface area (Å²) in [5.41, 5.74) is 0.703. The Hall–Kier alpha value is -1.60. The van der Waals surface area contributed by atoms with E-state index in [0.717, 1.165) is 25.7 Å². The van der Waals surface area contributed by atoms with Crippen molar-refractivity contribution in [2.24, 2.45) is 0 Å². The summed E-state index contributed by atoms with van der Waals surface area (Å²) in [6.45, 7) is 6.80. The summed E-state index contributed by atoms with van der Waals surface area (Å²) in [7, 11) is -3.45. The maximum absolute atomic E-state index is 12.7. The lowest BCUT2D eigenvalue weighted by molar-refractivity contribution is -0.123. The minimum Gasteiger partial charge on any atom is -0.484 e. The van der Waals surface area contributed by atoms with Crippen LogP contribution in [0.25, 0.3) is 0 Å². The van der Waals surface area contributed by atoms with Gasteiger partial charge in [0.2, 0.25) is 10.0 Å². The van der Waals surface area contributed by atoms with Gasteiger partial charge < -0.3 is 10.1 Å². The number of amides is 1. The van der Waals surface area contributed by atoms with Crippen LogP contribution in [0.4, 0.5) is 0 Å². The van der Waals surface area contributed by atoms with Crippen LogP contribution in [0.15, 0.2) is 23.1 Å². The summed E-state index contributed by atoms with van der Waals surface area (Å²) in [4.78, 5) is 12.1. The molecule has 1 aliphatic heterocycles. The van der Waals surface area contributed by atoms with E-state index in [1.807, 2.05) is 13.8 Å². The predicted molar refractivity (Wildman–Crippen MR) is 97.2 cm³/mol. The molecule has 1 N–H and O–H groups in total. The highest BCUT2D eigenvalue weighted by Crippen LogP contribution is 2.25. The van der Waals surface area contributed by atoms with E-state index in [-0.39, 0.29) is 23.5 Å². The monoisotopic (exact) mass is 368 g/mol. The largest absolute Gasteiger partial charge is 0.484 e. The number of aryl methyl sites for hydroxylation is 1. The fraction of sp³-hybridized carbons (Fsp3) is 0.611. The van der Waals surface area contributed by atoms with Crippen molar-refractivity contribution in [2.45, 2.75) is 57.4 Å². The van der Waals surface area contributed by atoms with Crippen LogP contribution in [0.2, 0.25) is 0 Å². The zero-order valence-electron chi connectivity index (χ0n) is 15.2. The van der Waals surface area contributed by atoms with Gasteiger partial charge in [-0.15, -0.1) is 0 Å². The van der Waals surface area contributed by atoms with Gasteiger partial charge in [-0.05, 0) is 56.9 Å². The van der Waals surface area contributed by atoms with Gasteiger partial charge >= 0.3 is 0 Å². The zero-order valence-corrected chi connectivity index (χ0v) is 16.1. The molecule has 1 heterocycles. The molecule has 1 atom stereocenters. The molecular formula is C18H28N2O4S. The second-order valence-electron chi connectivity index (χ2n) is 6.56. The molecule has 25 heavy (non-hydrogen) atoms. The summed E-state index contributed by atoms with van der Waals surface area (Å²) >= 11 is 0. The van der Waals surface area contributed by atoms with Crippen LogP contribution < -0.4 is 10.1 Å². The van der Waals surface area contributed by atoms with E-state index >= 15 is 0 Å².